The Kier molecular flexibility index (Phi) is 5.83. The molecule has 0 spiro atoms. The van der Waals surface area contributed by atoms with Gasteiger partial charge in [-0.3, -0.25) is 9.00 Å². The third kappa shape index (κ3) is 4.02. The Balaban J connectivity index is 1.89. The van der Waals surface area contributed by atoms with E-state index in [0.717, 1.165) is 12.8 Å². The maximum Gasteiger partial charge on any atom is 0.340 e. The third-order valence-corrected chi connectivity index (χ3v) is 5.36. The Morgan fingerprint density at radius 2 is 1.62 bits per heavy atom. The molecule has 0 radical (unpaired) electrons. The Morgan fingerprint density at radius 1 is 1.00 bits per heavy atom. The molecule has 0 saturated carbocycles. The monoisotopic (exact) mass is 371 g/mol. The number of hydrogen-bond donors (Lipinski definition) is 0. The van der Waals surface area contributed by atoms with E-state index in [2.05, 4.69) is 0 Å². The smallest absolute Gasteiger partial charge is 0.340 e. The highest BCUT2D eigenvalue weighted by molar-refractivity contribution is 7.84. The summed E-state index contributed by atoms with van der Waals surface area (Å²) in [6, 6.07) is 15.6. The molecule has 0 bridgehead atoms. The summed E-state index contributed by atoms with van der Waals surface area (Å²) < 4.78 is 17.5. The predicted molar refractivity (Wildman–Crippen MR) is 99.2 cm³/mol. The zero-order chi connectivity index (χ0) is 18.5. The van der Waals surface area contributed by atoms with Gasteiger partial charge in [0.1, 0.15) is 0 Å². The number of carbonyl (C=O) groups excluding carboxylic acids is 2. The van der Waals surface area contributed by atoms with Crippen LogP contribution >= 0.6 is 0 Å². The molecule has 5 nitrogen and oxygen atoms in total. The van der Waals surface area contributed by atoms with Crippen LogP contribution in [0.4, 0.5) is 0 Å². The highest BCUT2D eigenvalue weighted by Crippen LogP contribution is 2.25. The number of likely N-dealkylation sites (tertiary alicyclic amines) is 1. The molecule has 0 aromatic heterocycles. The normalized spacial score (nSPS) is 16.1. The van der Waals surface area contributed by atoms with Crippen LogP contribution in [0.15, 0.2) is 59.5 Å². The van der Waals surface area contributed by atoms with Gasteiger partial charge in [-0.25, -0.2) is 4.79 Å². The summed E-state index contributed by atoms with van der Waals surface area (Å²) in [7, 11) is -1.33. The molecule has 1 heterocycles. The molecule has 1 amide bonds. The highest BCUT2D eigenvalue weighted by atomic mass is 32.2. The minimum Gasteiger partial charge on any atom is -0.444 e. The summed E-state index contributed by atoms with van der Waals surface area (Å²) in [5.41, 5.74) is 0.858. The zero-order valence-corrected chi connectivity index (χ0v) is 15.4. The lowest BCUT2D eigenvalue weighted by Crippen LogP contribution is -2.35. The van der Waals surface area contributed by atoms with Crippen molar-refractivity contribution in [3.63, 3.8) is 0 Å². The van der Waals surface area contributed by atoms with Crippen LogP contribution in [0.1, 0.15) is 34.9 Å². The summed E-state index contributed by atoms with van der Waals surface area (Å²) in [6.45, 7) is 1.35. The van der Waals surface area contributed by atoms with Crippen molar-refractivity contribution in [1.82, 2.24) is 4.90 Å². The van der Waals surface area contributed by atoms with E-state index in [9.17, 15) is 13.8 Å². The molecule has 3 rings (SSSR count). The maximum atomic E-state index is 12.9. The first-order valence-electron chi connectivity index (χ1n) is 8.55. The molecule has 2 atom stereocenters. The average molecular weight is 371 g/mol. The predicted octanol–water partition coefficient (Wildman–Crippen LogP) is 2.94. The number of carbonyl (C=O) groups is 2. The van der Waals surface area contributed by atoms with Crippen LogP contribution in [-0.2, 0) is 20.3 Å². The average Bonchev–Trinajstić information content (AvgIpc) is 3.21. The van der Waals surface area contributed by atoms with Gasteiger partial charge >= 0.3 is 5.97 Å². The first-order chi connectivity index (χ1) is 12.6. The SMILES string of the molecule is C[S@](=O)c1ccccc1C(=O)O[C@@H](C(=O)N1CCCC1)c1ccccc1. The second kappa shape index (κ2) is 8.27. The van der Waals surface area contributed by atoms with E-state index in [4.69, 9.17) is 4.74 Å². The van der Waals surface area contributed by atoms with Gasteiger partial charge in [0.15, 0.2) is 0 Å². The lowest BCUT2D eigenvalue weighted by molar-refractivity contribution is -0.140. The molecule has 1 aliphatic rings. The zero-order valence-electron chi connectivity index (χ0n) is 14.6. The van der Waals surface area contributed by atoms with Gasteiger partial charge in [0, 0.05) is 24.9 Å². The maximum absolute atomic E-state index is 12.9. The van der Waals surface area contributed by atoms with Crippen molar-refractivity contribution in [2.75, 3.05) is 19.3 Å². The van der Waals surface area contributed by atoms with Crippen LogP contribution in [0.2, 0.25) is 0 Å². The lowest BCUT2D eigenvalue weighted by Gasteiger charge is -2.23. The third-order valence-electron chi connectivity index (χ3n) is 4.39. The molecule has 26 heavy (non-hydrogen) atoms. The number of nitrogens with zero attached hydrogens (tertiary/aromatic N) is 1. The number of esters is 1. The van der Waals surface area contributed by atoms with Crippen molar-refractivity contribution in [2.24, 2.45) is 0 Å². The molecule has 1 aliphatic heterocycles. The number of ether oxygens (including phenoxy) is 1. The van der Waals surface area contributed by atoms with Crippen LogP contribution in [0.5, 0.6) is 0 Å². The minimum atomic E-state index is -1.33. The molecule has 2 aromatic rings. The van der Waals surface area contributed by atoms with E-state index in [-0.39, 0.29) is 11.5 Å². The summed E-state index contributed by atoms with van der Waals surface area (Å²) in [5.74, 6) is -0.852. The molecule has 1 fully saturated rings. The molecule has 6 heteroatoms. The summed E-state index contributed by atoms with van der Waals surface area (Å²) in [4.78, 5) is 27.8. The number of hydrogen-bond acceptors (Lipinski definition) is 4. The van der Waals surface area contributed by atoms with Gasteiger partial charge in [-0.15, -0.1) is 0 Å². The van der Waals surface area contributed by atoms with Gasteiger partial charge in [-0.1, -0.05) is 42.5 Å². The van der Waals surface area contributed by atoms with E-state index in [1.54, 1.807) is 41.3 Å². The molecule has 0 unspecified atom stereocenters. The lowest BCUT2D eigenvalue weighted by atomic mass is 10.1. The fraction of sp³-hybridized carbons (Fsp3) is 0.300. The van der Waals surface area contributed by atoms with Crippen molar-refractivity contribution in [1.29, 1.82) is 0 Å². The first kappa shape index (κ1) is 18.3. The fourth-order valence-corrected chi connectivity index (χ4v) is 3.78. The van der Waals surface area contributed by atoms with Crippen LogP contribution in [0, 0.1) is 0 Å². The van der Waals surface area contributed by atoms with Gasteiger partial charge < -0.3 is 9.64 Å². The Morgan fingerprint density at radius 3 is 2.27 bits per heavy atom. The highest BCUT2D eigenvalue weighted by Gasteiger charge is 2.31. The first-order valence-corrected chi connectivity index (χ1v) is 10.1. The van der Waals surface area contributed by atoms with Crippen LogP contribution in [-0.4, -0.2) is 40.3 Å². The van der Waals surface area contributed by atoms with Crippen molar-refractivity contribution in [3.05, 3.63) is 65.7 Å². The van der Waals surface area contributed by atoms with Gasteiger partial charge in [0.25, 0.3) is 5.91 Å². The minimum absolute atomic E-state index is 0.211. The Hall–Kier alpha value is -2.47. The number of amides is 1. The molecule has 136 valence electrons. The molecule has 0 N–H and O–H groups in total. The molecule has 1 saturated heterocycles. The van der Waals surface area contributed by atoms with Crippen molar-refractivity contribution in [2.45, 2.75) is 23.8 Å². The molecular formula is C20H21NO4S. The van der Waals surface area contributed by atoms with Crippen molar-refractivity contribution < 1.29 is 18.5 Å². The van der Waals surface area contributed by atoms with Gasteiger partial charge in [0.2, 0.25) is 6.10 Å². The van der Waals surface area contributed by atoms with E-state index in [1.165, 1.54) is 6.26 Å². The number of rotatable bonds is 5. The quantitative estimate of drug-likeness (QED) is 0.758. The largest absolute Gasteiger partial charge is 0.444 e. The topological polar surface area (TPSA) is 63.7 Å². The summed E-state index contributed by atoms with van der Waals surface area (Å²) in [5, 5.41) is 0. The van der Waals surface area contributed by atoms with E-state index < -0.39 is 22.9 Å². The fourth-order valence-electron chi connectivity index (χ4n) is 3.05. The molecule has 0 aliphatic carbocycles. The van der Waals surface area contributed by atoms with Gasteiger partial charge in [-0.2, -0.15) is 0 Å². The van der Waals surface area contributed by atoms with Crippen molar-refractivity contribution >= 4 is 22.7 Å². The molecule has 2 aromatic carbocycles. The van der Waals surface area contributed by atoms with Crippen molar-refractivity contribution in [3.8, 4) is 0 Å². The van der Waals surface area contributed by atoms with Crippen LogP contribution < -0.4 is 0 Å². The Bertz CT molecular complexity index is 816. The van der Waals surface area contributed by atoms with E-state index in [0.29, 0.717) is 23.5 Å². The van der Waals surface area contributed by atoms with Crippen LogP contribution in [0.3, 0.4) is 0 Å². The Labute approximate surface area is 155 Å². The van der Waals surface area contributed by atoms with Gasteiger partial charge in [-0.05, 0) is 25.0 Å². The summed E-state index contributed by atoms with van der Waals surface area (Å²) in [6.07, 6.45) is 2.42. The summed E-state index contributed by atoms with van der Waals surface area (Å²) >= 11 is 0. The van der Waals surface area contributed by atoms with Gasteiger partial charge in [0.05, 0.1) is 21.3 Å². The standard InChI is InChI=1S/C20H21NO4S/c1-26(24)17-12-6-5-11-16(17)20(23)25-18(15-9-3-2-4-10-15)19(22)21-13-7-8-14-21/h2-6,9-12,18H,7-8,13-14H2,1H3/t18-,26+/m1/s1. The number of benzene rings is 2. The van der Waals surface area contributed by atoms with Crippen LogP contribution in [0.25, 0.3) is 0 Å². The second-order valence-electron chi connectivity index (χ2n) is 6.18. The molecular weight excluding hydrogens is 350 g/mol. The second-order valence-corrected chi connectivity index (χ2v) is 7.53. The van der Waals surface area contributed by atoms with E-state index >= 15 is 0 Å². The van der Waals surface area contributed by atoms with E-state index in [1.807, 2.05) is 18.2 Å².